The van der Waals surface area contributed by atoms with Crippen LogP contribution < -0.4 is 15.4 Å². The predicted molar refractivity (Wildman–Crippen MR) is 109 cm³/mol. The average molecular weight is 372 g/mol. The van der Waals surface area contributed by atoms with Gasteiger partial charge in [-0.15, -0.1) is 0 Å². The van der Waals surface area contributed by atoms with Gasteiger partial charge in [-0.25, -0.2) is 0 Å². The van der Waals surface area contributed by atoms with Crippen molar-refractivity contribution in [1.29, 1.82) is 0 Å². The fourth-order valence-electron chi connectivity index (χ4n) is 4.14. The van der Waals surface area contributed by atoms with Crippen LogP contribution in [0.1, 0.15) is 23.1 Å². The Hall–Kier alpha value is -3.34. The number of hydrogen-bond donors (Lipinski definition) is 2. The van der Waals surface area contributed by atoms with Crippen molar-refractivity contribution < 1.29 is 14.3 Å². The summed E-state index contributed by atoms with van der Waals surface area (Å²) in [6.45, 7) is -0.0614. The first-order chi connectivity index (χ1) is 13.7. The molecule has 2 N–H and O–H groups in total. The SMILES string of the molecule is O=C1CCc2cc(OCC(=O)Nc3ccc4c5c(cccc35)CC4)ccc2N1. The van der Waals surface area contributed by atoms with E-state index in [1.807, 2.05) is 24.3 Å². The fraction of sp³-hybridized carbons (Fsp3) is 0.217. The van der Waals surface area contributed by atoms with E-state index in [1.165, 1.54) is 16.5 Å². The predicted octanol–water partition coefficient (Wildman–Crippen LogP) is 3.84. The van der Waals surface area contributed by atoms with Gasteiger partial charge in [0.15, 0.2) is 6.61 Å². The average Bonchev–Trinajstić information content (AvgIpc) is 3.13. The lowest BCUT2D eigenvalue weighted by Gasteiger charge is -2.17. The first kappa shape index (κ1) is 16.8. The highest BCUT2D eigenvalue weighted by molar-refractivity contribution is 6.05. The summed E-state index contributed by atoms with van der Waals surface area (Å²) < 4.78 is 5.68. The normalized spacial score (nSPS) is 14.5. The van der Waals surface area contributed by atoms with E-state index in [-0.39, 0.29) is 18.4 Å². The van der Waals surface area contributed by atoms with Gasteiger partial charge >= 0.3 is 0 Å². The van der Waals surface area contributed by atoms with Crippen LogP contribution >= 0.6 is 0 Å². The van der Waals surface area contributed by atoms with Gasteiger partial charge in [-0.1, -0.05) is 24.3 Å². The number of benzene rings is 3. The lowest BCUT2D eigenvalue weighted by Crippen LogP contribution is -2.21. The zero-order valence-electron chi connectivity index (χ0n) is 15.4. The zero-order valence-corrected chi connectivity index (χ0v) is 15.4. The molecule has 1 aliphatic carbocycles. The third kappa shape index (κ3) is 2.99. The lowest BCUT2D eigenvalue weighted by atomic mass is 10.0. The fourth-order valence-corrected chi connectivity index (χ4v) is 4.14. The molecule has 1 aliphatic heterocycles. The van der Waals surface area contributed by atoms with E-state index in [0.29, 0.717) is 18.6 Å². The standard InChI is InChI=1S/C23H20N2O3/c26-21-11-7-16-12-17(8-10-19(16)24-21)28-13-22(27)25-20-9-6-15-5-4-14-2-1-3-18(20)23(14)15/h1-3,6,8-10,12H,4-5,7,11,13H2,(H,24,26)(H,25,27). The molecule has 2 amide bonds. The summed E-state index contributed by atoms with van der Waals surface area (Å²) in [5.74, 6) is 0.473. The van der Waals surface area contributed by atoms with E-state index in [1.54, 1.807) is 6.07 Å². The number of carbonyl (C=O) groups is 2. The minimum Gasteiger partial charge on any atom is -0.484 e. The van der Waals surface area contributed by atoms with Gasteiger partial charge in [-0.3, -0.25) is 9.59 Å². The second-order valence-corrected chi connectivity index (χ2v) is 7.32. The van der Waals surface area contributed by atoms with Crippen molar-refractivity contribution in [3.8, 4) is 5.75 Å². The Balaban J connectivity index is 1.29. The van der Waals surface area contributed by atoms with Crippen LogP contribution in [-0.4, -0.2) is 18.4 Å². The Morgan fingerprint density at radius 3 is 2.68 bits per heavy atom. The van der Waals surface area contributed by atoms with Crippen LogP contribution in [0.2, 0.25) is 0 Å². The van der Waals surface area contributed by atoms with Crippen molar-refractivity contribution in [3.05, 3.63) is 65.2 Å². The van der Waals surface area contributed by atoms with Crippen LogP contribution in [0.4, 0.5) is 11.4 Å². The summed E-state index contributed by atoms with van der Waals surface area (Å²) in [7, 11) is 0. The van der Waals surface area contributed by atoms with Gasteiger partial charge in [0.2, 0.25) is 5.91 Å². The highest BCUT2D eigenvalue weighted by Gasteiger charge is 2.18. The number of anilines is 2. The van der Waals surface area contributed by atoms with Gasteiger partial charge in [-0.2, -0.15) is 0 Å². The molecule has 0 spiro atoms. The molecule has 0 saturated carbocycles. The Labute approximate surface area is 162 Å². The van der Waals surface area contributed by atoms with Gasteiger partial charge in [0.05, 0.1) is 0 Å². The molecule has 0 aromatic heterocycles. The summed E-state index contributed by atoms with van der Waals surface area (Å²) in [6, 6.07) is 15.8. The van der Waals surface area contributed by atoms with Crippen molar-refractivity contribution in [2.45, 2.75) is 25.7 Å². The van der Waals surface area contributed by atoms with E-state index in [9.17, 15) is 9.59 Å². The van der Waals surface area contributed by atoms with E-state index in [0.717, 1.165) is 35.2 Å². The molecule has 0 unspecified atom stereocenters. The van der Waals surface area contributed by atoms with Crippen LogP contribution in [0.3, 0.4) is 0 Å². The molecule has 28 heavy (non-hydrogen) atoms. The number of ether oxygens (including phenoxy) is 1. The second-order valence-electron chi connectivity index (χ2n) is 7.32. The number of aryl methyl sites for hydroxylation is 3. The number of amides is 2. The molecular weight excluding hydrogens is 352 g/mol. The van der Waals surface area contributed by atoms with Crippen LogP contribution in [0.15, 0.2) is 48.5 Å². The van der Waals surface area contributed by atoms with Gasteiger partial charge in [-0.05, 0) is 65.6 Å². The van der Waals surface area contributed by atoms with E-state index < -0.39 is 0 Å². The first-order valence-electron chi connectivity index (χ1n) is 9.56. The second kappa shape index (κ2) is 6.68. The van der Waals surface area contributed by atoms with Crippen LogP contribution in [0, 0.1) is 0 Å². The van der Waals surface area contributed by atoms with Crippen molar-refractivity contribution in [1.82, 2.24) is 0 Å². The largest absolute Gasteiger partial charge is 0.484 e. The number of rotatable bonds is 4. The maximum absolute atomic E-state index is 12.5. The third-order valence-electron chi connectivity index (χ3n) is 5.49. The van der Waals surface area contributed by atoms with E-state index in [2.05, 4.69) is 28.8 Å². The number of nitrogens with one attached hydrogen (secondary N) is 2. The molecule has 3 aromatic carbocycles. The van der Waals surface area contributed by atoms with Crippen molar-refractivity contribution in [2.24, 2.45) is 0 Å². The van der Waals surface area contributed by atoms with Gasteiger partial charge in [0.25, 0.3) is 5.91 Å². The maximum atomic E-state index is 12.5. The molecule has 140 valence electrons. The topological polar surface area (TPSA) is 67.4 Å². The molecule has 0 radical (unpaired) electrons. The summed E-state index contributed by atoms with van der Waals surface area (Å²) in [4.78, 5) is 23.9. The highest BCUT2D eigenvalue weighted by atomic mass is 16.5. The van der Waals surface area contributed by atoms with Gasteiger partial charge in [0, 0.05) is 23.2 Å². The van der Waals surface area contributed by atoms with Gasteiger partial charge < -0.3 is 15.4 Å². The molecule has 2 aliphatic rings. The number of hydrogen-bond acceptors (Lipinski definition) is 3. The number of carbonyl (C=O) groups excluding carboxylic acids is 2. The smallest absolute Gasteiger partial charge is 0.262 e. The number of fused-ring (bicyclic) bond motifs is 1. The molecular formula is C23H20N2O3. The molecule has 3 aromatic rings. The summed E-state index contributed by atoms with van der Waals surface area (Å²) in [5, 5.41) is 8.19. The monoisotopic (exact) mass is 372 g/mol. The van der Waals surface area contributed by atoms with Crippen molar-refractivity contribution >= 4 is 34.0 Å². The molecule has 0 atom stereocenters. The minimum absolute atomic E-state index is 0.0332. The summed E-state index contributed by atoms with van der Waals surface area (Å²) >= 11 is 0. The third-order valence-corrected chi connectivity index (χ3v) is 5.49. The lowest BCUT2D eigenvalue weighted by molar-refractivity contribution is -0.118. The Kier molecular flexibility index (Phi) is 4.01. The molecule has 0 saturated heterocycles. The molecule has 0 fully saturated rings. The molecule has 5 nitrogen and oxygen atoms in total. The first-order valence-corrected chi connectivity index (χ1v) is 9.56. The zero-order chi connectivity index (χ0) is 19.1. The van der Waals surface area contributed by atoms with Crippen molar-refractivity contribution in [2.75, 3.05) is 17.2 Å². The molecule has 5 heteroatoms. The highest BCUT2D eigenvalue weighted by Crippen LogP contribution is 2.35. The van der Waals surface area contributed by atoms with E-state index in [4.69, 9.17) is 4.74 Å². The summed E-state index contributed by atoms with van der Waals surface area (Å²) in [6.07, 6.45) is 3.28. The van der Waals surface area contributed by atoms with Crippen molar-refractivity contribution in [3.63, 3.8) is 0 Å². The van der Waals surface area contributed by atoms with Crippen LogP contribution in [0.5, 0.6) is 5.75 Å². The molecule has 1 heterocycles. The molecule has 5 rings (SSSR count). The molecule has 0 bridgehead atoms. The minimum atomic E-state index is -0.190. The van der Waals surface area contributed by atoms with E-state index >= 15 is 0 Å². The maximum Gasteiger partial charge on any atom is 0.262 e. The Morgan fingerprint density at radius 1 is 0.964 bits per heavy atom. The Bertz CT molecular complexity index is 1110. The quantitative estimate of drug-likeness (QED) is 0.731. The van der Waals surface area contributed by atoms with Crippen LogP contribution in [0.25, 0.3) is 10.8 Å². The van der Waals surface area contributed by atoms with Crippen LogP contribution in [-0.2, 0) is 28.9 Å². The van der Waals surface area contributed by atoms with Gasteiger partial charge in [0.1, 0.15) is 5.75 Å². The summed E-state index contributed by atoms with van der Waals surface area (Å²) in [5.41, 5.74) is 5.37. The Morgan fingerprint density at radius 2 is 1.79 bits per heavy atom.